The van der Waals surface area contributed by atoms with Crippen molar-refractivity contribution < 1.29 is 0 Å². The fourth-order valence-corrected chi connectivity index (χ4v) is 1.08. The van der Waals surface area contributed by atoms with E-state index in [4.69, 9.17) is 5.73 Å². The monoisotopic (exact) mass is 201 g/mol. The second kappa shape index (κ2) is 5.69. The lowest BCUT2D eigenvalue weighted by Gasteiger charge is -2.30. The molecule has 0 bridgehead atoms. The van der Waals surface area contributed by atoms with Gasteiger partial charge in [0.1, 0.15) is 0 Å². The average molecular weight is 201 g/mol. The van der Waals surface area contributed by atoms with Gasteiger partial charge in [0.15, 0.2) is 0 Å². The van der Waals surface area contributed by atoms with Crippen molar-refractivity contribution in [1.82, 2.24) is 10.6 Å². The van der Waals surface area contributed by atoms with Gasteiger partial charge in [0, 0.05) is 24.2 Å². The van der Waals surface area contributed by atoms with Gasteiger partial charge in [-0.1, -0.05) is 6.92 Å². The molecule has 1 unspecified atom stereocenters. The third kappa shape index (κ3) is 8.48. The summed E-state index contributed by atoms with van der Waals surface area (Å²) in [6, 6.07) is 0. The van der Waals surface area contributed by atoms with E-state index in [2.05, 4.69) is 45.3 Å². The van der Waals surface area contributed by atoms with E-state index in [9.17, 15) is 0 Å². The Kier molecular flexibility index (Phi) is 5.64. The van der Waals surface area contributed by atoms with Crippen molar-refractivity contribution in [3.05, 3.63) is 0 Å². The normalized spacial score (nSPS) is 16.7. The molecule has 0 saturated carbocycles. The highest BCUT2D eigenvalue weighted by atomic mass is 15.0. The Balaban J connectivity index is 3.72. The first-order valence-corrected chi connectivity index (χ1v) is 5.51. The topological polar surface area (TPSA) is 50.1 Å². The number of hydrogen-bond acceptors (Lipinski definition) is 3. The highest BCUT2D eigenvalue weighted by molar-refractivity contribution is 4.86. The van der Waals surface area contributed by atoms with Crippen LogP contribution in [0.2, 0.25) is 0 Å². The number of rotatable bonds is 6. The van der Waals surface area contributed by atoms with Crippen molar-refractivity contribution in [3.8, 4) is 0 Å². The predicted molar refractivity (Wildman–Crippen MR) is 63.5 cm³/mol. The van der Waals surface area contributed by atoms with E-state index in [1.165, 1.54) is 0 Å². The maximum absolute atomic E-state index is 6.14. The molecule has 0 rings (SSSR count). The first-order valence-electron chi connectivity index (χ1n) is 5.51. The smallest absolute Gasteiger partial charge is 0.0378 e. The zero-order valence-electron chi connectivity index (χ0n) is 10.4. The molecule has 0 aliphatic heterocycles. The van der Waals surface area contributed by atoms with E-state index in [-0.39, 0.29) is 11.1 Å². The molecule has 1 atom stereocenters. The molecule has 0 spiro atoms. The van der Waals surface area contributed by atoms with E-state index in [0.29, 0.717) is 0 Å². The van der Waals surface area contributed by atoms with Crippen LogP contribution in [0, 0.1) is 0 Å². The maximum Gasteiger partial charge on any atom is 0.0378 e. The Labute approximate surface area is 88.8 Å². The van der Waals surface area contributed by atoms with Gasteiger partial charge >= 0.3 is 0 Å². The first-order chi connectivity index (χ1) is 6.27. The highest BCUT2D eigenvalue weighted by Gasteiger charge is 2.20. The van der Waals surface area contributed by atoms with Crippen LogP contribution in [-0.2, 0) is 0 Å². The SMILES string of the molecule is CCCNCC(C)(N)CNC(C)(C)C. The molecule has 0 saturated heterocycles. The fraction of sp³-hybridized carbons (Fsp3) is 1.00. The van der Waals surface area contributed by atoms with Gasteiger partial charge in [0.25, 0.3) is 0 Å². The number of hydrogen-bond donors (Lipinski definition) is 3. The van der Waals surface area contributed by atoms with Crippen LogP contribution in [0.3, 0.4) is 0 Å². The van der Waals surface area contributed by atoms with Crippen molar-refractivity contribution in [2.24, 2.45) is 5.73 Å². The van der Waals surface area contributed by atoms with E-state index >= 15 is 0 Å². The third-order valence-corrected chi connectivity index (χ3v) is 1.98. The van der Waals surface area contributed by atoms with Gasteiger partial charge in [-0.25, -0.2) is 0 Å². The minimum absolute atomic E-state index is 0.144. The second-order valence-corrected chi connectivity index (χ2v) is 5.43. The van der Waals surface area contributed by atoms with Crippen molar-refractivity contribution >= 4 is 0 Å². The summed E-state index contributed by atoms with van der Waals surface area (Å²) in [5.41, 5.74) is 6.12. The van der Waals surface area contributed by atoms with Crippen molar-refractivity contribution in [2.45, 2.75) is 52.1 Å². The molecule has 4 N–H and O–H groups in total. The van der Waals surface area contributed by atoms with Crippen molar-refractivity contribution in [1.29, 1.82) is 0 Å². The Bertz CT molecular complexity index is 147. The number of nitrogens with two attached hydrogens (primary N) is 1. The standard InChI is InChI=1S/C11H27N3/c1-6-7-13-8-11(5,12)9-14-10(2,3)4/h13-14H,6-9,12H2,1-5H3. The summed E-state index contributed by atoms with van der Waals surface area (Å²) < 4.78 is 0. The molecule has 0 aromatic heterocycles. The predicted octanol–water partition coefficient (Wildman–Crippen LogP) is 1.09. The first kappa shape index (κ1) is 13.9. The van der Waals surface area contributed by atoms with Crippen LogP contribution in [0.25, 0.3) is 0 Å². The summed E-state index contributed by atoms with van der Waals surface area (Å²) in [4.78, 5) is 0. The van der Waals surface area contributed by atoms with E-state index in [1.54, 1.807) is 0 Å². The molecule has 0 heterocycles. The average Bonchev–Trinajstić information content (AvgIpc) is 2.00. The maximum atomic E-state index is 6.14. The summed E-state index contributed by atoms with van der Waals surface area (Å²) >= 11 is 0. The van der Waals surface area contributed by atoms with Gasteiger partial charge in [0.2, 0.25) is 0 Å². The van der Waals surface area contributed by atoms with Crippen LogP contribution in [0.15, 0.2) is 0 Å². The molecular weight excluding hydrogens is 174 g/mol. The molecule has 0 aliphatic carbocycles. The van der Waals surface area contributed by atoms with E-state index < -0.39 is 0 Å². The molecule has 0 fully saturated rings. The summed E-state index contributed by atoms with van der Waals surface area (Å²) in [5.74, 6) is 0. The van der Waals surface area contributed by atoms with Crippen LogP contribution in [0.4, 0.5) is 0 Å². The molecular formula is C11H27N3. The van der Waals surface area contributed by atoms with Crippen LogP contribution in [0.1, 0.15) is 41.0 Å². The van der Waals surface area contributed by atoms with Gasteiger partial charge < -0.3 is 16.4 Å². The number of nitrogens with one attached hydrogen (secondary N) is 2. The Hall–Kier alpha value is -0.120. The van der Waals surface area contributed by atoms with Gasteiger partial charge in [-0.3, -0.25) is 0 Å². The molecule has 14 heavy (non-hydrogen) atoms. The van der Waals surface area contributed by atoms with Gasteiger partial charge in [-0.2, -0.15) is 0 Å². The van der Waals surface area contributed by atoms with Crippen LogP contribution >= 0.6 is 0 Å². The van der Waals surface area contributed by atoms with Crippen molar-refractivity contribution in [3.63, 3.8) is 0 Å². The summed E-state index contributed by atoms with van der Waals surface area (Å²) in [5, 5.41) is 6.77. The Morgan fingerprint density at radius 2 is 1.64 bits per heavy atom. The van der Waals surface area contributed by atoms with Crippen LogP contribution < -0.4 is 16.4 Å². The van der Waals surface area contributed by atoms with Crippen LogP contribution in [0.5, 0.6) is 0 Å². The minimum Gasteiger partial charge on any atom is -0.323 e. The molecule has 0 radical (unpaired) electrons. The zero-order chi connectivity index (χ0) is 11.2. The summed E-state index contributed by atoms with van der Waals surface area (Å²) in [7, 11) is 0. The largest absolute Gasteiger partial charge is 0.323 e. The Morgan fingerprint density at radius 3 is 2.07 bits per heavy atom. The summed E-state index contributed by atoms with van der Waals surface area (Å²) in [6.45, 7) is 13.5. The molecule has 0 aromatic carbocycles. The van der Waals surface area contributed by atoms with Crippen molar-refractivity contribution in [2.75, 3.05) is 19.6 Å². The quantitative estimate of drug-likeness (QED) is 0.564. The highest BCUT2D eigenvalue weighted by Crippen LogP contribution is 2.02. The minimum atomic E-state index is -0.164. The van der Waals surface area contributed by atoms with E-state index in [1.807, 2.05) is 0 Å². The summed E-state index contributed by atoms with van der Waals surface area (Å²) in [6.07, 6.45) is 1.16. The van der Waals surface area contributed by atoms with Gasteiger partial charge in [-0.05, 0) is 40.7 Å². The zero-order valence-corrected chi connectivity index (χ0v) is 10.4. The molecule has 86 valence electrons. The molecule has 0 aromatic rings. The molecule has 0 aliphatic rings. The Morgan fingerprint density at radius 1 is 1.07 bits per heavy atom. The molecule has 0 amide bonds. The second-order valence-electron chi connectivity index (χ2n) is 5.43. The van der Waals surface area contributed by atoms with Gasteiger partial charge in [0.05, 0.1) is 0 Å². The fourth-order valence-electron chi connectivity index (χ4n) is 1.08. The lowest BCUT2D eigenvalue weighted by atomic mass is 10.0. The lowest BCUT2D eigenvalue weighted by Crippen LogP contribution is -2.56. The molecule has 3 nitrogen and oxygen atoms in total. The van der Waals surface area contributed by atoms with Crippen LogP contribution in [-0.4, -0.2) is 30.7 Å². The van der Waals surface area contributed by atoms with Gasteiger partial charge in [-0.15, -0.1) is 0 Å². The van der Waals surface area contributed by atoms with E-state index in [0.717, 1.165) is 26.1 Å². The lowest BCUT2D eigenvalue weighted by molar-refractivity contribution is 0.337. The third-order valence-electron chi connectivity index (χ3n) is 1.98. The molecule has 3 heteroatoms.